The summed E-state index contributed by atoms with van der Waals surface area (Å²) >= 11 is 0. The van der Waals surface area contributed by atoms with Crippen molar-refractivity contribution in [3.63, 3.8) is 0 Å². The van der Waals surface area contributed by atoms with Crippen molar-refractivity contribution in [1.29, 1.82) is 0 Å². The summed E-state index contributed by atoms with van der Waals surface area (Å²) in [6, 6.07) is -1.13. The van der Waals surface area contributed by atoms with Gasteiger partial charge in [0.15, 0.2) is 6.61 Å². The number of carboxylic acid groups (broad SMARTS) is 2. The van der Waals surface area contributed by atoms with Crippen LogP contribution >= 0.6 is 0 Å². The maximum atomic E-state index is 10.7. The third-order valence-electron chi connectivity index (χ3n) is 1.33. The Balaban J connectivity index is -0.0000000302. The van der Waals surface area contributed by atoms with Crippen LogP contribution in [0.2, 0.25) is 0 Å². The molecular weight excluding hydrogens is 286 g/mol. The van der Waals surface area contributed by atoms with Gasteiger partial charge >= 0.3 is 136 Å². The minimum absolute atomic E-state index is 0. The zero-order valence-corrected chi connectivity index (χ0v) is 19.3. The van der Waals surface area contributed by atoms with E-state index in [0.717, 1.165) is 0 Å². The first-order valence-corrected chi connectivity index (χ1v) is 3.79. The second-order valence-corrected chi connectivity index (χ2v) is 2.54. The zero-order valence-electron chi connectivity index (χ0n) is 15.3. The Morgan fingerprint density at radius 3 is 1.89 bits per heavy atom. The number of aliphatic carboxylic acids is 2. The molecular formula is C7H15NNa4O6. The fraction of sp³-hybridized carbons (Fsp3) is 0.571. The predicted octanol–water partition coefficient (Wildman–Crippen LogP) is -12.7. The van der Waals surface area contributed by atoms with Crippen LogP contribution in [0, 0.1) is 0 Å². The Bertz CT molecular complexity index is 267. The van der Waals surface area contributed by atoms with E-state index in [1.165, 1.54) is 0 Å². The van der Waals surface area contributed by atoms with E-state index in [9.17, 15) is 14.4 Å². The van der Waals surface area contributed by atoms with Gasteiger partial charge in [-0.1, -0.05) is 0 Å². The number of hydrogen-bond donors (Lipinski definition) is 3. The molecule has 11 heteroatoms. The summed E-state index contributed by atoms with van der Waals surface area (Å²) < 4.78 is 4.25. The van der Waals surface area contributed by atoms with Crippen molar-refractivity contribution in [2.75, 3.05) is 6.61 Å². The van der Waals surface area contributed by atoms with Gasteiger partial charge in [-0.05, 0) is 6.42 Å². The fourth-order valence-corrected chi connectivity index (χ4v) is 0.611. The number of nitrogens with two attached hydrogens (primary N) is 1. The molecule has 0 fully saturated rings. The Morgan fingerprint density at radius 1 is 1.11 bits per heavy atom. The molecule has 4 N–H and O–H groups in total. The van der Waals surface area contributed by atoms with Gasteiger partial charge in [0.05, 0.1) is 0 Å². The number of ether oxygens (including phenoxy) is 1. The van der Waals surface area contributed by atoms with E-state index >= 15 is 0 Å². The van der Waals surface area contributed by atoms with Crippen molar-refractivity contribution >= 4 is 17.9 Å². The number of carboxylic acids is 2. The Morgan fingerprint density at radius 2 is 1.56 bits per heavy atom. The van der Waals surface area contributed by atoms with Gasteiger partial charge < -0.3 is 26.4 Å². The van der Waals surface area contributed by atoms with Crippen molar-refractivity contribution in [2.24, 2.45) is 5.73 Å². The van der Waals surface area contributed by atoms with Crippen LogP contribution in [-0.4, -0.2) is 40.8 Å². The van der Waals surface area contributed by atoms with Gasteiger partial charge in [0, 0.05) is 6.42 Å². The van der Waals surface area contributed by atoms with Gasteiger partial charge in [-0.2, -0.15) is 0 Å². The van der Waals surface area contributed by atoms with Crippen LogP contribution in [0.4, 0.5) is 0 Å². The molecule has 7 nitrogen and oxygen atoms in total. The number of carbonyl (C=O) groups is 3. The molecule has 0 saturated heterocycles. The molecule has 1 atom stereocenters. The summed E-state index contributed by atoms with van der Waals surface area (Å²) in [6.07, 6.45) is -0.283. The molecule has 0 saturated carbocycles. The molecule has 0 bridgehead atoms. The molecule has 0 radical (unpaired) electrons. The monoisotopic (exact) mass is 301 g/mol. The van der Waals surface area contributed by atoms with Crippen LogP contribution in [0.15, 0.2) is 0 Å². The van der Waals surface area contributed by atoms with Crippen molar-refractivity contribution in [3.8, 4) is 0 Å². The van der Waals surface area contributed by atoms with Crippen molar-refractivity contribution in [1.82, 2.24) is 0 Å². The van der Waals surface area contributed by atoms with Gasteiger partial charge in [-0.15, -0.1) is 0 Å². The van der Waals surface area contributed by atoms with E-state index in [1.807, 2.05) is 0 Å². The third kappa shape index (κ3) is 20.7. The molecule has 0 amide bonds. The standard InChI is InChI=1S/C7H11NO6.4Na.4H/c8-4(7(12)13)1-2-6(11)14-3-5(9)10;;;;;;;;/h4H,1-3,8H2,(H,9,10)(H,12,13);;;;;;;;/q;4*+1;4*-1/t4-;;;;;;;;/m0......../s1. The third-order valence-corrected chi connectivity index (χ3v) is 1.33. The van der Waals surface area contributed by atoms with Crippen LogP contribution in [0.1, 0.15) is 18.5 Å². The maximum Gasteiger partial charge on any atom is 1.00 e. The maximum absolute atomic E-state index is 10.7. The first kappa shape index (κ1) is 32.4. The summed E-state index contributed by atoms with van der Waals surface area (Å²) in [6.45, 7) is -0.721. The first-order valence-electron chi connectivity index (χ1n) is 3.79. The quantitative estimate of drug-likeness (QED) is 0.328. The van der Waals surface area contributed by atoms with E-state index < -0.39 is 30.6 Å². The van der Waals surface area contributed by atoms with Gasteiger partial charge in [0.1, 0.15) is 6.04 Å². The zero-order chi connectivity index (χ0) is 11.1. The van der Waals surface area contributed by atoms with Crippen molar-refractivity contribution in [3.05, 3.63) is 0 Å². The molecule has 18 heavy (non-hydrogen) atoms. The molecule has 0 rings (SSSR count). The van der Waals surface area contributed by atoms with Crippen LogP contribution in [0.5, 0.6) is 0 Å². The summed E-state index contributed by atoms with van der Waals surface area (Å²) in [5, 5.41) is 16.5. The normalized spacial score (nSPS) is 9.17. The molecule has 0 spiro atoms. The smallest absolute Gasteiger partial charge is 1.00 e. The van der Waals surface area contributed by atoms with E-state index in [0.29, 0.717) is 0 Å². The van der Waals surface area contributed by atoms with Crippen molar-refractivity contribution in [2.45, 2.75) is 18.9 Å². The average molecular weight is 301 g/mol. The van der Waals surface area contributed by atoms with E-state index in [4.69, 9.17) is 15.9 Å². The Labute approximate surface area is 199 Å². The Hall–Kier alpha value is 2.37. The van der Waals surface area contributed by atoms with E-state index in [-0.39, 0.29) is 137 Å². The Kier molecular flexibility index (Phi) is 34.8. The van der Waals surface area contributed by atoms with Gasteiger partial charge in [-0.3, -0.25) is 9.59 Å². The number of hydrogen-bond acceptors (Lipinski definition) is 5. The fourth-order valence-electron chi connectivity index (χ4n) is 0.611. The van der Waals surface area contributed by atoms with E-state index in [2.05, 4.69) is 4.74 Å². The molecule has 0 aliphatic heterocycles. The predicted molar refractivity (Wildman–Crippen MR) is 47.9 cm³/mol. The summed E-state index contributed by atoms with van der Waals surface area (Å²) in [7, 11) is 0. The van der Waals surface area contributed by atoms with Crippen LogP contribution in [0.3, 0.4) is 0 Å². The van der Waals surface area contributed by atoms with Gasteiger partial charge in [0.2, 0.25) is 0 Å². The second-order valence-electron chi connectivity index (χ2n) is 2.54. The SMILES string of the molecule is N[C@@H](CCC(=O)OCC(=O)O)C(=O)O.[H-].[H-].[H-].[H-].[Na+].[Na+].[Na+].[Na+]. The molecule has 0 heterocycles. The molecule has 0 aliphatic rings. The largest absolute Gasteiger partial charge is 1.00 e. The number of carbonyl (C=O) groups excluding carboxylic acids is 1. The van der Waals surface area contributed by atoms with Gasteiger partial charge in [0.25, 0.3) is 0 Å². The number of esters is 1. The van der Waals surface area contributed by atoms with Crippen LogP contribution in [0.25, 0.3) is 0 Å². The van der Waals surface area contributed by atoms with Gasteiger partial charge in [-0.25, -0.2) is 4.79 Å². The summed E-state index contributed by atoms with van der Waals surface area (Å²) in [5.41, 5.74) is 5.10. The topological polar surface area (TPSA) is 127 Å². The first-order chi connectivity index (χ1) is 6.43. The number of rotatable bonds is 6. The van der Waals surface area contributed by atoms with Crippen LogP contribution in [-0.2, 0) is 19.1 Å². The minimum atomic E-state index is -1.26. The molecule has 0 unspecified atom stereocenters. The molecule has 0 aromatic carbocycles. The molecule has 88 valence electrons. The minimum Gasteiger partial charge on any atom is -1.00 e. The summed E-state index contributed by atoms with van der Waals surface area (Å²) in [5.74, 6) is -3.25. The van der Waals surface area contributed by atoms with Crippen molar-refractivity contribution < 1.29 is 153 Å². The molecule has 0 aromatic heterocycles. The summed E-state index contributed by atoms with van der Waals surface area (Å²) in [4.78, 5) is 30.9. The van der Waals surface area contributed by atoms with E-state index in [1.54, 1.807) is 0 Å². The molecule has 0 aliphatic carbocycles. The van der Waals surface area contributed by atoms with Crippen LogP contribution < -0.4 is 124 Å². The molecule has 0 aromatic rings. The second kappa shape index (κ2) is 19.4. The average Bonchev–Trinajstić information content (AvgIpc) is 2.10.